The van der Waals surface area contributed by atoms with Crippen LogP contribution in [0.5, 0.6) is 5.75 Å². The molecule has 0 saturated carbocycles. The van der Waals surface area contributed by atoms with E-state index in [9.17, 15) is 9.90 Å². The number of phenols is 1. The Morgan fingerprint density at radius 3 is 2.61 bits per heavy atom. The number of benzene rings is 2. The Balaban J connectivity index is 1.64. The summed E-state index contributed by atoms with van der Waals surface area (Å²) < 4.78 is 2.17. The van der Waals surface area contributed by atoms with Crippen molar-refractivity contribution >= 4 is 34.6 Å². The topological polar surface area (TPSA) is 66.6 Å². The Morgan fingerprint density at radius 2 is 1.86 bits per heavy atom. The Morgan fingerprint density at radius 1 is 1.07 bits per heavy atom. The molecule has 0 atom stereocenters. The zero-order chi connectivity index (χ0) is 19.7. The Kier molecular flexibility index (Phi) is 4.79. The lowest BCUT2D eigenvalue weighted by atomic mass is 10.2. The quantitative estimate of drug-likeness (QED) is 0.639. The molecular formula is C22H19N3O2S. The highest BCUT2D eigenvalue weighted by atomic mass is 32.2. The lowest BCUT2D eigenvalue weighted by molar-refractivity contribution is -0.115. The minimum atomic E-state index is -0.173. The third-order valence-corrected chi connectivity index (χ3v) is 5.39. The lowest BCUT2D eigenvalue weighted by Gasteiger charge is -2.09. The average molecular weight is 389 g/mol. The van der Waals surface area contributed by atoms with Crippen molar-refractivity contribution in [2.75, 3.05) is 0 Å². The summed E-state index contributed by atoms with van der Waals surface area (Å²) in [5.41, 5.74) is 4.86. The van der Waals surface area contributed by atoms with Crippen LogP contribution in [-0.2, 0) is 4.79 Å². The fraction of sp³-hybridized carbons (Fsp3) is 0.0909. The number of aromatic hydroxyl groups is 1. The standard InChI is InChI=1S/C22H19N3O2S/c1-14-11-16(15(2)25(14)18-8-4-3-5-9-18)12-20-21(27)24-22(28-20)23-17-7-6-10-19(26)13-17/h3-13,26H,1-2H3,(H,23,24,27). The van der Waals surface area contributed by atoms with Gasteiger partial charge in [-0.15, -0.1) is 0 Å². The summed E-state index contributed by atoms with van der Waals surface area (Å²) in [6, 6.07) is 18.8. The van der Waals surface area contributed by atoms with Crippen molar-refractivity contribution in [2.24, 2.45) is 4.99 Å². The predicted octanol–water partition coefficient (Wildman–Crippen LogP) is 4.69. The molecule has 2 heterocycles. The van der Waals surface area contributed by atoms with Gasteiger partial charge in [0.2, 0.25) is 0 Å². The van der Waals surface area contributed by atoms with E-state index in [4.69, 9.17) is 0 Å². The van der Waals surface area contributed by atoms with Gasteiger partial charge in [0.1, 0.15) is 5.75 Å². The van der Waals surface area contributed by atoms with Gasteiger partial charge in [0.05, 0.1) is 10.6 Å². The third kappa shape index (κ3) is 3.59. The van der Waals surface area contributed by atoms with Crippen LogP contribution in [0.2, 0.25) is 0 Å². The molecule has 0 aliphatic carbocycles. The second-order valence-electron chi connectivity index (χ2n) is 6.50. The number of aliphatic imine (C=N–C) groups is 1. The van der Waals surface area contributed by atoms with Crippen LogP contribution >= 0.6 is 11.8 Å². The van der Waals surface area contributed by atoms with Gasteiger partial charge in [-0.1, -0.05) is 24.3 Å². The first-order valence-electron chi connectivity index (χ1n) is 8.84. The molecule has 1 saturated heterocycles. The maximum atomic E-state index is 12.4. The number of nitrogens with one attached hydrogen (secondary N) is 1. The first kappa shape index (κ1) is 18.1. The molecular weight excluding hydrogens is 370 g/mol. The van der Waals surface area contributed by atoms with E-state index in [1.165, 1.54) is 11.8 Å². The lowest BCUT2D eigenvalue weighted by Crippen LogP contribution is -2.19. The number of thioether (sulfide) groups is 1. The first-order chi connectivity index (χ1) is 13.5. The fourth-order valence-corrected chi connectivity index (χ4v) is 4.04. The number of carbonyl (C=O) groups excluding carboxylic acids is 1. The van der Waals surface area contributed by atoms with Crippen LogP contribution in [0.3, 0.4) is 0 Å². The Bertz CT molecular complexity index is 1110. The molecule has 4 rings (SSSR count). The number of phenolic OH excluding ortho intramolecular Hbond substituents is 1. The summed E-state index contributed by atoms with van der Waals surface area (Å²) in [6.07, 6.45) is 1.90. The number of carbonyl (C=O) groups is 1. The minimum absolute atomic E-state index is 0.139. The number of amides is 1. The van der Waals surface area contributed by atoms with Crippen molar-refractivity contribution in [1.82, 2.24) is 9.88 Å². The zero-order valence-corrected chi connectivity index (χ0v) is 16.3. The third-order valence-electron chi connectivity index (χ3n) is 4.48. The Labute approximate surface area is 167 Å². The zero-order valence-electron chi connectivity index (χ0n) is 15.5. The van der Waals surface area contributed by atoms with Crippen molar-refractivity contribution in [3.8, 4) is 11.4 Å². The molecule has 1 aliphatic rings. The van der Waals surface area contributed by atoms with Gasteiger partial charge in [0, 0.05) is 23.1 Å². The Hall–Kier alpha value is -3.25. The highest BCUT2D eigenvalue weighted by Gasteiger charge is 2.24. The number of hydrogen-bond acceptors (Lipinski definition) is 4. The van der Waals surface area contributed by atoms with Crippen LogP contribution in [-0.4, -0.2) is 20.7 Å². The van der Waals surface area contributed by atoms with Crippen LogP contribution in [0.4, 0.5) is 5.69 Å². The summed E-state index contributed by atoms with van der Waals surface area (Å²) in [7, 11) is 0. The van der Waals surface area contributed by atoms with E-state index < -0.39 is 0 Å². The van der Waals surface area contributed by atoms with Gasteiger partial charge in [-0.3, -0.25) is 4.79 Å². The molecule has 5 nitrogen and oxygen atoms in total. The van der Waals surface area contributed by atoms with E-state index in [-0.39, 0.29) is 11.7 Å². The van der Waals surface area contributed by atoms with Gasteiger partial charge in [0.15, 0.2) is 5.17 Å². The molecule has 28 heavy (non-hydrogen) atoms. The molecule has 1 amide bonds. The summed E-state index contributed by atoms with van der Waals surface area (Å²) >= 11 is 1.29. The highest BCUT2D eigenvalue weighted by molar-refractivity contribution is 8.18. The molecule has 140 valence electrons. The highest BCUT2D eigenvalue weighted by Crippen LogP contribution is 2.31. The van der Waals surface area contributed by atoms with E-state index in [1.54, 1.807) is 24.3 Å². The SMILES string of the molecule is Cc1cc(C=C2SC(=Nc3cccc(O)c3)NC2=O)c(C)n1-c1ccccc1. The minimum Gasteiger partial charge on any atom is -0.508 e. The maximum absolute atomic E-state index is 12.4. The number of nitrogens with zero attached hydrogens (tertiary/aromatic N) is 2. The molecule has 0 bridgehead atoms. The molecule has 1 aliphatic heterocycles. The van der Waals surface area contributed by atoms with E-state index in [0.717, 1.165) is 22.6 Å². The van der Waals surface area contributed by atoms with Crippen molar-refractivity contribution in [3.05, 3.63) is 82.5 Å². The molecule has 0 unspecified atom stereocenters. The summed E-state index contributed by atoms with van der Waals surface area (Å²) in [5, 5.41) is 12.8. The van der Waals surface area contributed by atoms with Gasteiger partial charge >= 0.3 is 0 Å². The second-order valence-corrected chi connectivity index (χ2v) is 7.53. The summed E-state index contributed by atoms with van der Waals surface area (Å²) in [6.45, 7) is 4.10. The fourth-order valence-electron chi connectivity index (χ4n) is 3.21. The second kappa shape index (κ2) is 7.40. The van der Waals surface area contributed by atoms with Crippen molar-refractivity contribution in [1.29, 1.82) is 0 Å². The predicted molar refractivity (Wildman–Crippen MR) is 114 cm³/mol. The number of aromatic nitrogens is 1. The van der Waals surface area contributed by atoms with Crippen LogP contribution in [0.1, 0.15) is 17.0 Å². The molecule has 0 radical (unpaired) electrons. The van der Waals surface area contributed by atoms with Crippen molar-refractivity contribution < 1.29 is 9.90 Å². The smallest absolute Gasteiger partial charge is 0.264 e. The monoisotopic (exact) mass is 389 g/mol. The number of amidine groups is 1. The van der Waals surface area contributed by atoms with Gasteiger partial charge in [-0.2, -0.15) is 0 Å². The van der Waals surface area contributed by atoms with Crippen molar-refractivity contribution in [3.63, 3.8) is 0 Å². The first-order valence-corrected chi connectivity index (χ1v) is 9.66. The normalized spacial score (nSPS) is 16.7. The molecule has 1 fully saturated rings. The van der Waals surface area contributed by atoms with Gasteiger partial charge in [-0.05, 0) is 67.6 Å². The number of hydrogen-bond donors (Lipinski definition) is 2. The van der Waals surface area contributed by atoms with E-state index in [2.05, 4.69) is 40.0 Å². The van der Waals surface area contributed by atoms with E-state index in [0.29, 0.717) is 15.8 Å². The number of aryl methyl sites for hydroxylation is 1. The van der Waals surface area contributed by atoms with E-state index >= 15 is 0 Å². The summed E-state index contributed by atoms with van der Waals surface area (Å²) in [4.78, 5) is 17.4. The molecule has 6 heteroatoms. The van der Waals surface area contributed by atoms with Crippen LogP contribution in [0.25, 0.3) is 11.8 Å². The van der Waals surface area contributed by atoms with Gasteiger partial charge < -0.3 is 15.0 Å². The molecule has 2 aromatic carbocycles. The molecule has 3 aromatic rings. The largest absolute Gasteiger partial charge is 0.508 e. The molecule has 0 spiro atoms. The number of para-hydroxylation sites is 1. The van der Waals surface area contributed by atoms with Crippen LogP contribution < -0.4 is 5.32 Å². The molecule has 1 aromatic heterocycles. The number of rotatable bonds is 3. The summed E-state index contributed by atoms with van der Waals surface area (Å²) in [5.74, 6) is -0.0336. The van der Waals surface area contributed by atoms with Gasteiger partial charge in [-0.25, -0.2) is 4.99 Å². The van der Waals surface area contributed by atoms with Gasteiger partial charge in [0.25, 0.3) is 5.91 Å². The average Bonchev–Trinajstić information content (AvgIpc) is 3.14. The van der Waals surface area contributed by atoms with Crippen molar-refractivity contribution in [2.45, 2.75) is 13.8 Å². The van der Waals surface area contributed by atoms with Crippen LogP contribution in [0.15, 0.2) is 70.6 Å². The maximum Gasteiger partial charge on any atom is 0.264 e. The van der Waals surface area contributed by atoms with E-state index in [1.807, 2.05) is 31.2 Å². The molecule has 2 N–H and O–H groups in total. The van der Waals surface area contributed by atoms with Crippen LogP contribution in [0, 0.1) is 13.8 Å².